The molecule has 5 nitrogen and oxygen atoms in total. The number of thiophene rings is 1. The second kappa shape index (κ2) is 6.58. The third kappa shape index (κ3) is 3.81. The molecule has 22 heavy (non-hydrogen) atoms. The molecule has 1 aromatic heterocycles. The van der Waals surface area contributed by atoms with E-state index in [1.807, 2.05) is 20.8 Å². The van der Waals surface area contributed by atoms with Crippen LogP contribution >= 0.6 is 27.3 Å². The summed E-state index contributed by atoms with van der Waals surface area (Å²) in [7, 11) is 0. The number of carbonyl (C=O) groups excluding carboxylic acids is 2. The maximum atomic E-state index is 12.2. The molecular weight excluding hydrogens is 370 g/mol. The molecule has 1 aromatic rings. The first-order valence-corrected chi connectivity index (χ1v) is 8.79. The smallest absolute Gasteiger partial charge is 0.410 e. The van der Waals surface area contributed by atoms with E-state index in [-0.39, 0.29) is 12.1 Å². The number of amides is 1. The van der Waals surface area contributed by atoms with Crippen molar-refractivity contribution in [3.63, 3.8) is 0 Å². The third-order valence-corrected chi connectivity index (χ3v) is 5.03. The lowest BCUT2D eigenvalue weighted by Gasteiger charge is -2.30. The number of halogens is 1. The Bertz CT molecular complexity index is 591. The SMILES string of the molecule is CCOC(=O)c1c(Br)sc2c1CCN(C(=O)OC(C)(C)C)C2. The van der Waals surface area contributed by atoms with Gasteiger partial charge in [-0.1, -0.05) is 0 Å². The normalized spacial score (nSPS) is 14.5. The van der Waals surface area contributed by atoms with E-state index in [1.165, 1.54) is 11.3 Å². The first-order valence-electron chi connectivity index (χ1n) is 7.18. The van der Waals surface area contributed by atoms with Crippen molar-refractivity contribution >= 4 is 39.3 Å². The van der Waals surface area contributed by atoms with Gasteiger partial charge < -0.3 is 14.4 Å². The van der Waals surface area contributed by atoms with Gasteiger partial charge in [0, 0.05) is 11.4 Å². The Labute approximate surface area is 142 Å². The second-order valence-electron chi connectivity index (χ2n) is 6.02. The van der Waals surface area contributed by atoms with Crippen LogP contribution in [0.25, 0.3) is 0 Å². The molecule has 1 aliphatic heterocycles. The van der Waals surface area contributed by atoms with Gasteiger partial charge in [-0.05, 0) is 55.6 Å². The van der Waals surface area contributed by atoms with Crippen LogP contribution in [0.5, 0.6) is 0 Å². The van der Waals surface area contributed by atoms with Crippen LogP contribution in [0.3, 0.4) is 0 Å². The predicted molar refractivity (Wildman–Crippen MR) is 88.3 cm³/mol. The zero-order chi connectivity index (χ0) is 16.5. The minimum Gasteiger partial charge on any atom is -0.462 e. The number of nitrogens with zero attached hydrogens (tertiary/aromatic N) is 1. The van der Waals surface area contributed by atoms with E-state index in [4.69, 9.17) is 9.47 Å². The quantitative estimate of drug-likeness (QED) is 0.717. The van der Waals surface area contributed by atoms with E-state index in [9.17, 15) is 9.59 Å². The van der Waals surface area contributed by atoms with Crippen LogP contribution in [-0.2, 0) is 22.4 Å². The van der Waals surface area contributed by atoms with Gasteiger partial charge in [0.15, 0.2) is 0 Å². The topological polar surface area (TPSA) is 55.8 Å². The number of hydrogen-bond acceptors (Lipinski definition) is 5. The number of ether oxygens (including phenoxy) is 2. The summed E-state index contributed by atoms with van der Waals surface area (Å²) in [4.78, 5) is 26.9. The van der Waals surface area contributed by atoms with Crippen LogP contribution in [-0.4, -0.2) is 35.7 Å². The lowest BCUT2D eigenvalue weighted by molar-refractivity contribution is 0.0226. The zero-order valence-electron chi connectivity index (χ0n) is 13.2. The highest BCUT2D eigenvalue weighted by molar-refractivity contribution is 9.11. The van der Waals surface area contributed by atoms with Gasteiger partial charge in [-0.3, -0.25) is 0 Å². The first kappa shape index (κ1) is 17.3. The Morgan fingerprint density at radius 1 is 1.36 bits per heavy atom. The number of fused-ring (bicyclic) bond motifs is 1. The molecule has 0 saturated carbocycles. The van der Waals surface area contributed by atoms with Gasteiger partial charge in [-0.25, -0.2) is 9.59 Å². The fourth-order valence-electron chi connectivity index (χ4n) is 2.26. The minimum absolute atomic E-state index is 0.308. The molecule has 0 aliphatic carbocycles. The molecule has 1 aliphatic rings. The minimum atomic E-state index is -0.510. The Hall–Kier alpha value is -1.08. The van der Waals surface area contributed by atoms with Gasteiger partial charge in [0.2, 0.25) is 0 Å². The summed E-state index contributed by atoms with van der Waals surface area (Å²) in [6.07, 6.45) is 0.311. The van der Waals surface area contributed by atoms with E-state index in [2.05, 4.69) is 15.9 Å². The average Bonchev–Trinajstić information content (AvgIpc) is 2.71. The lowest BCUT2D eigenvalue weighted by Crippen LogP contribution is -2.39. The zero-order valence-corrected chi connectivity index (χ0v) is 15.6. The van der Waals surface area contributed by atoms with Crippen molar-refractivity contribution in [3.8, 4) is 0 Å². The van der Waals surface area contributed by atoms with Crippen molar-refractivity contribution in [2.24, 2.45) is 0 Å². The molecule has 2 heterocycles. The number of rotatable bonds is 2. The lowest BCUT2D eigenvalue weighted by atomic mass is 10.0. The molecule has 0 aromatic carbocycles. The molecule has 0 bridgehead atoms. The molecular formula is C15H20BrNO4S. The van der Waals surface area contributed by atoms with Crippen LogP contribution in [0.4, 0.5) is 4.79 Å². The molecule has 0 radical (unpaired) electrons. The Balaban J connectivity index is 2.17. The summed E-state index contributed by atoms with van der Waals surface area (Å²) in [5.41, 5.74) is 1.07. The summed E-state index contributed by atoms with van der Waals surface area (Å²) in [5, 5.41) is 0. The second-order valence-corrected chi connectivity index (χ2v) is 8.45. The van der Waals surface area contributed by atoms with E-state index >= 15 is 0 Å². The third-order valence-electron chi connectivity index (χ3n) is 3.15. The molecule has 0 spiro atoms. The molecule has 7 heteroatoms. The molecule has 1 amide bonds. The average molecular weight is 390 g/mol. The van der Waals surface area contributed by atoms with Crippen LogP contribution in [0, 0.1) is 0 Å². The Morgan fingerprint density at radius 3 is 2.64 bits per heavy atom. The summed E-state index contributed by atoms with van der Waals surface area (Å²) >= 11 is 4.91. The van der Waals surface area contributed by atoms with E-state index in [0.29, 0.717) is 31.7 Å². The van der Waals surface area contributed by atoms with Gasteiger partial charge in [0.1, 0.15) is 5.60 Å². The highest BCUT2D eigenvalue weighted by Gasteiger charge is 2.31. The van der Waals surface area contributed by atoms with Gasteiger partial charge in [0.05, 0.1) is 22.5 Å². The Kier molecular flexibility index (Phi) is 5.17. The number of carbonyl (C=O) groups is 2. The van der Waals surface area contributed by atoms with Gasteiger partial charge in [-0.2, -0.15) is 0 Å². The van der Waals surface area contributed by atoms with E-state index < -0.39 is 5.60 Å². The van der Waals surface area contributed by atoms with E-state index in [0.717, 1.165) is 14.2 Å². The first-order chi connectivity index (χ1) is 10.2. The summed E-state index contributed by atoms with van der Waals surface area (Å²) in [6.45, 7) is 8.68. The monoisotopic (exact) mass is 389 g/mol. The van der Waals surface area contributed by atoms with Crippen LogP contribution in [0.15, 0.2) is 3.79 Å². The van der Waals surface area contributed by atoms with E-state index in [1.54, 1.807) is 11.8 Å². The molecule has 2 rings (SSSR count). The summed E-state index contributed by atoms with van der Waals surface area (Å²) in [5.74, 6) is -0.308. The number of hydrogen-bond donors (Lipinski definition) is 0. The van der Waals surface area contributed by atoms with Crippen LogP contribution < -0.4 is 0 Å². The Morgan fingerprint density at radius 2 is 2.05 bits per heavy atom. The molecule has 0 unspecified atom stereocenters. The van der Waals surface area contributed by atoms with Crippen molar-refractivity contribution in [1.82, 2.24) is 4.90 Å². The highest BCUT2D eigenvalue weighted by Crippen LogP contribution is 2.37. The van der Waals surface area contributed by atoms with Crippen molar-refractivity contribution in [2.45, 2.75) is 46.3 Å². The molecule has 0 atom stereocenters. The highest BCUT2D eigenvalue weighted by atomic mass is 79.9. The fraction of sp³-hybridized carbons (Fsp3) is 0.600. The standard InChI is InChI=1S/C15H20BrNO4S/c1-5-20-13(18)11-9-6-7-17(8-10(9)22-12(11)16)14(19)21-15(2,3)4/h5-8H2,1-4H3. The van der Waals surface area contributed by atoms with Gasteiger partial charge >= 0.3 is 12.1 Å². The fourth-order valence-corrected chi connectivity index (χ4v) is 4.32. The largest absolute Gasteiger partial charge is 0.462 e. The molecule has 0 fully saturated rings. The molecule has 0 saturated heterocycles. The van der Waals surface area contributed by atoms with Crippen molar-refractivity contribution in [1.29, 1.82) is 0 Å². The summed E-state index contributed by atoms with van der Waals surface area (Å²) < 4.78 is 11.3. The predicted octanol–water partition coefficient (Wildman–Crippen LogP) is 3.98. The van der Waals surface area contributed by atoms with Crippen molar-refractivity contribution < 1.29 is 19.1 Å². The maximum absolute atomic E-state index is 12.2. The van der Waals surface area contributed by atoms with Crippen LogP contribution in [0.2, 0.25) is 0 Å². The summed E-state index contributed by atoms with van der Waals surface area (Å²) in [6, 6.07) is 0. The maximum Gasteiger partial charge on any atom is 0.410 e. The van der Waals surface area contributed by atoms with Crippen molar-refractivity contribution in [3.05, 3.63) is 19.8 Å². The molecule has 122 valence electrons. The van der Waals surface area contributed by atoms with Gasteiger partial charge in [-0.15, -0.1) is 11.3 Å². The van der Waals surface area contributed by atoms with Crippen molar-refractivity contribution in [2.75, 3.05) is 13.2 Å². The molecule has 0 N–H and O–H groups in total. The van der Waals surface area contributed by atoms with Gasteiger partial charge in [0.25, 0.3) is 0 Å². The number of esters is 1. The van der Waals surface area contributed by atoms with Crippen LogP contribution in [0.1, 0.15) is 48.5 Å².